The molecule has 1 aromatic carbocycles. The number of piperidine rings is 1. The number of nitrogens with zero attached hydrogens (tertiary/aromatic N) is 4. The number of hydrogen-bond acceptors (Lipinski definition) is 6. The van der Waals surface area contributed by atoms with E-state index < -0.39 is 15.7 Å². The van der Waals surface area contributed by atoms with Gasteiger partial charge in [0.2, 0.25) is 15.9 Å². The van der Waals surface area contributed by atoms with E-state index in [4.69, 9.17) is 0 Å². The van der Waals surface area contributed by atoms with Crippen LogP contribution in [0.3, 0.4) is 0 Å². The first-order valence-corrected chi connectivity index (χ1v) is 13.0. The van der Waals surface area contributed by atoms with Gasteiger partial charge in [0.25, 0.3) is 0 Å². The molecular weight excluding hydrogens is 450 g/mol. The Morgan fingerprint density at radius 3 is 2.78 bits per heavy atom. The third-order valence-corrected chi connectivity index (χ3v) is 7.53. The number of nitrogens with one attached hydrogen (secondary N) is 1. The number of carbonyl (C=O) groups excluding carboxylic acids is 1. The summed E-state index contributed by atoms with van der Waals surface area (Å²) in [4.78, 5) is 25.8. The van der Waals surface area contributed by atoms with Crippen molar-refractivity contribution in [2.75, 3.05) is 24.7 Å². The van der Waals surface area contributed by atoms with Gasteiger partial charge in [-0.25, -0.2) is 26.8 Å². The molecule has 4 rings (SSSR count). The van der Waals surface area contributed by atoms with Crippen molar-refractivity contribution in [2.24, 2.45) is 0 Å². The van der Waals surface area contributed by atoms with Crippen molar-refractivity contribution in [1.82, 2.24) is 18.7 Å². The van der Waals surface area contributed by atoms with Crippen LogP contribution < -0.4 is 11.0 Å². The lowest BCUT2D eigenvalue weighted by atomic mass is 9.99. The number of carbonyl (C=O) groups is 1. The highest BCUT2D eigenvalue weighted by molar-refractivity contribution is 7.88. The second-order valence-electron chi connectivity index (χ2n) is 7.96. The van der Waals surface area contributed by atoms with E-state index in [1.807, 2.05) is 42.6 Å². The number of hydrogen-bond donors (Lipinski definition) is 1. The highest BCUT2D eigenvalue weighted by Gasteiger charge is 2.32. The van der Waals surface area contributed by atoms with Gasteiger partial charge < -0.3 is 5.32 Å². The predicted octanol–water partition coefficient (Wildman–Crippen LogP) is 2.18. The molecule has 1 aliphatic rings. The Hall–Kier alpha value is -2.76. The summed E-state index contributed by atoms with van der Waals surface area (Å²) in [6.45, 7) is 2.41. The smallest absolute Gasteiger partial charge is 0.324 e. The largest absolute Gasteiger partial charge is 0.351 e. The fourth-order valence-corrected chi connectivity index (χ4v) is 5.55. The first-order chi connectivity index (χ1) is 15.2. The van der Waals surface area contributed by atoms with E-state index in [1.165, 1.54) is 26.5 Å². The molecule has 0 aliphatic carbocycles. The molecule has 170 valence electrons. The first-order valence-electron chi connectivity index (χ1n) is 10.3. The second kappa shape index (κ2) is 9.00. The Kier molecular flexibility index (Phi) is 6.31. The Labute approximate surface area is 190 Å². The molecule has 1 atom stereocenters. The SMILES string of the molecule is Cc1cccc(NC(=O)Cn2nc(C3CCCN(S(C)(=O)=O)C3)n(-c3cccs3)c2=O)c1. The highest BCUT2D eigenvalue weighted by Crippen LogP contribution is 2.28. The van der Waals surface area contributed by atoms with E-state index in [1.54, 1.807) is 6.07 Å². The number of rotatable bonds is 6. The molecule has 0 radical (unpaired) electrons. The number of aromatic nitrogens is 3. The van der Waals surface area contributed by atoms with Gasteiger partial charge in [-0.1, -0.05) is 12.1 Å². The standard InChI is InChI=1S/C21H25N5O4S2/c1-15-6-3-8-17(12-15)22-18(27)14-25-21(28)26(19-9-5-11-31-19)20(23-25)16-7-4-10-24(13-16)32(2,29)30/h3,5-6,8-9,11-12,16H,4,7,10,13-14H2,1-2H3,(H,22,27). The molecule has 0 spiro atoms. The molecule has 1 amide bonds. The molecule has 1 aliphatic heterocycles. The molecular formula is C21H25N5O4S2. The van der Waals surface area contributed by atoms with Crippen molar-refractivity contribution in [1.29, 1.82) is 0 Å². The van der Waals surface area contributed by atoms with Crippen molar-refractivity contribution in [2.45, 2.75) is 32.2 Å². The van der Waals surface area contributed by atoms with E-state index in [0.717, 1.165) is 10.2 Å². The van der Waals surface area contributed by atoms with E-state index in [-0.39, 0.29) is 24.9 Å². The van der Waals surface area contributed by atoms with Gasteiger partial charge in [0, 0.05) is 24.7 Å². The van der Waals surface area contributed by atoms with Gasteiger partial charge in [-0.05, 0) is 55.0 Å². The third-order valence-electron chi connectivity index (χ3n) is 5.40. The summed E-state index contributed by atoms with van der Waals surface area (Å²) in [6.07, 6.45) is 2.58. The van der Waals surface area contributed by atoms with E-state index in [2.05, 4.69) is 10.4 Å². The summed E-state index contributed by atoms with van der Waals surface area (Å²) in [6, 6.07) is 11.0. The van der Waals surface area contributed by atoms with Gasteiger partial charge in [0.05, 0.1) is 6.26 Å². The van der Waals surface area contributed by atoms with Crippen LogP contribution in [0.5, 0.6) is 0 Å². The maximum Gasteiger partial charge on any atom is 0.351 e. The topological polar surface area (TPSA) is 106 Å². The van der Waals surface area contributed by atoms with Crippen molar-refractivity contribution >= 4 is 33.0 Å². The molecule has 1 saturated heterocycles. The molecule has 9 nitrogen and oxygen atoms in total. The molecule has 0 saturated carbocycles. The van der Waals surface area contributed by atoms with Crippen LogP contribution in [0.1, 0.15) is 30.1 Å². The molecule has 3 heterocycles. The van der Waals surface area contributed by atoms with Crippen LogP contribution in [-0.2, 0) is 21.4 Å². The van der Waals surface area contributed by atoms with Crippen molar-refractivity contribution < 1.29 is 13.2 Å². The normalized spacial score (nSPS) is 17.4. The minimum Gasteiger partial charge on any atom is -0.324 e. The third kappa shape index (κ3) is 4.84. The van der Waals surface area contributed by atoms with E-state index in [0.29, 0.717) is 35.9 Å². The number of benzene rings is 1. The van der Waals surface area contributed by atoms with Crippen molar-refractivity contribution in [3.05, 3.63) is 63.7 Å². The van der Waals surface area contributed by atoms with Crippen LogP contribution in [0.25, 0.3) is 5.00 Å². The lowest BCUT2D eigenvalue weighted by Crippen LogP contribution is -2.39. The highest BCUT2D eigenvalue weighted by atomic mass is 32.2. The van der Waals surface area contributed by atoms with Gasteiger partial charge in [-0.2, -0.15) is 5.10 Å². The zero-order chi connectivity index (χ0) is 22.9. The minimum absolute atomic E-state index is 0.235. The molecule has 1 N–H and O–H groups in total. The Morgan fingerprint density at radius 1 is 1.28 bits per heavy atom. The molecule has 0 bridgehead atoms. The van der Waals surface area contributed by atoms with Gasteiger partial charge >= 0.3 is 5.69 Å². The molecule has 32 heavy (non-hydrogen) atoms. The monoisotopic (exact) mass is 475 g/mol. The predicted molar refractivity (Wildman–Crippen MR) is 124 cm³/mol. The van der Waals surface area contributed by atoms with Crippen molar-refractivity contribution in [3.63, 3.8) is 0 Å². The quantitative estimate of drug-likeness (QED) is 0.588. The summed E-state index contributed by atoms with van der Waals surface area (Å²) in [7, 11) is -3.34. The average molecular weight is 476 g/mol. The second-order valence-corrected chi connectivity index (χ2v) is 10.9. The minimum atomic E-state index is -3.34. The van der Waals surface area contributed by atoms with E-state index in [9.17, 15) is 18.0 Å². The fourth-order valence-electron chi connectivity index (χ4n) is 3.91. The Balaban J connectivity index is 1.65. The van der Waals surface area contributed by atoms with Crippen molar-refractivity contribution in [3.8, 4) is 5.00 Å². The summed E-state index contributed by atoms with van der Waals surface area (Å²) < 4.78 is 28.2. The van der Waals surface area contributed by atoms with E-state index >= 15 is 0 Å². The van der Waals surface area contributed by atoms with Gasteiger partial charge in [0.15, 0.2) is 0 Å². The van der Waals surface area contributed by atoms with Gasteiger partial charge in [-0.15, -0.1) is 11.3 Å². The average Bonchev–Trinajstić information content (AvgIpc) is 3.36. The van der Waals surface area contributed by atoms with Crippen LogP contribution in [0.4, 0.5) is 5.69 Å². The lowest BCUT2D eigenvalue weighted by molar-refractivity contribution is -0.117. The summed E-state index contributed by atoms with van der Waals surface area (Å²) >= 11 is 1.39. The molecule has 3 aromatic rings. The van der Waals surface area contributed by atoms with Gasteiger partial charge in [0.1, 0.15) is 17.4 Å². The summed E-state index contributed by atoms with van der Waals surface area (Å²) in [5, 5.41) is 9.84. The number of thiophene rings is 1. The molecule has 11 heteroatoms. The molecule has 2 aromatic heterocycles. The van der Waals surface area contributed by atoms with Crippen LogP contribution in [0.2, 0.25) is 0 Å². The molecule has 1 fully saturated rings. The Morgan fingerprint density at radius 2 is 2.09 bits per heavy atom. The van der Waals surface area contributed by atoms with Gasteiger partial charge in [-0.3, -0.25) is 4.79 Å². The summed E-state index contributed by atoms with van der Waals surface area (Å²) in [5.41, 5.74) is 1.24. The Bertz CT molecular complexity index is 1280. The lowest BCUT2D eigenvalue weighted by Gasteiger charge is -2.30. The maximum atomic E-state index is 13.2. The van der Waals surface area contributed by atoms with Crippen LogP contribution in [0, 0.1) is 6.92 Å². The number of anilines is 1. The molecule has 1 unspecified atom stereocenters. The zero-order valence-corrected chi connectivity index (χ0v) is 19.5. The van der Waals surface area contributed by atoms with Crippen LogP contribution in [-0.4, -0.2) is 52.3 Å². The first kappa shape index (κ1) is 22.4. The zero-order valence-electron chi connectivity index (χ0n) is 17.9. The number of amides is 1. The summed E-state index contributed by atoms with van der Waals surface area (Å²) in [5.74, 6) is -0.120. The van der Waals surface area contributed by atoms with Crippen LogP contribution in [0.15, 0.2) is 46.6 Å². The fraction of sp³-hybridized carbons (Fsp3) is 0.381. The van der Waals surface area contributed by atoms with Crippen LogP contribution >= 0.6 is 11.3 Å². The maximum absolute atomic E-state index is 13.2. The number of sulfonamides is 1. The number of aryl methyl sites for hydroxylation is 1.